The van der Waals surface area contributed by atoms with Gasteiger partial charge in [0.2, 0.25) is 0 Å². The van der Waals surface area contributed by atoms with E-state index in [-0.39, 0.29) is 0 Å². The molecule has 2 aromatic rings. The monoisotopic (exact) mass is 260 g/mol. The first-order chi connectivity index (χ1) is 9.26. The summed E-state index contributed by atoms with van der Waals surface area (Å²) in [7, 11) is 3.29. The fourth-order valence-corrected chi connectivity index (χ4v) is 2.09. The van der Waals surface area contributed by atoms with Crippen LogP contribution in [0.1, 0.15) is 11.1 Å². The summed E-state index contributed by atoms with van der Waals surface area (Å²) in [5.74, 6) is 1.51. The SMILES string of the molecule is COc1ccc(Cn2ccc(CCN)c2)cc1OC. The predicted molar refractivity (Wildman–Crippen MR) is 75.8 cm³/mol. The maximum absolute atomic E-state index is 5.55. The van der Waals surface area contributed by atoms with Crippen molar-refractivity contribution in [2.75, 3.05) is 20.8 Å². The Bertz CT molecular complexity index is 535. The summed E-state index contributed by atoms with van der Waals surface area (Å²) < 4.78 is 12.7. The molecule has 0 atom stereocenters. The molecule has 0 saturated carbocycles. The third-order valence-corrected chi connectivity index (χ3v) is 3.06. The van der Waals surface area contributed by atoms with Gasteiger partial charge in [-0.1, -0.05) is 6.07 Å². The van der Waals surface area contributed by atoms with Crippen molar-refractivity contribution in [1.29, 1.82) is 0 Å². The van der Waals surface area contributed by atoms with E-state index in [9.17, 15) is 0 Å². The van der Waals surface area contributed by atoms with Crippen molar-refractivity contribution >= 4 is 0 Å². The lowest BCUT2D eigenvalue weighted by atomic mass is 10.2. The van der Waals surface area contributed by atoms with E-state index in [0.717, 1.165) is 24.5 Å². The normalized spacial score (nSPS) is 10.5. The van der Waals surface area contributed by atoms with Crippen molar-refractivity contribution in [3.63, 3.8) is 0 Å². The summed E-state index contributed by atoms with van der Waals surface area (Å²) in [5.41, 5.74) is 7.99. The summed E-state index contributed by atoms with van der Waals surface area (Å²) in [6, 6.07) is 8.08. The second-order valence-corrected chi connectivity index (χ2v) is 4.42. The number of benzene rings is 1. The zero-order valence-corrected chi connectivity index (χ0v) is 11.4. The van der Waals surface area contributed by atoms with Gasteiger partial charge in [0, 0.05) is 18.9 Å². The van der Waals surface area contributed by atoms with Crippen LogP contribution in [0.3, 0.4) is 0 Å². The smallest absolute Gasteiger partial charge is 0.161 e. The summed E-state index contributed by atoms with van der Waals surface area (Å²) in [4.78, 5) is 0. The van der Waals surface area contributed by atoms with Gasteiger partial charge in [-0.05, 0) is 42.3 Å². The van der Waals surface area contributed by atoms with Crippen LogP contribution in [0.5, 0.6) is 11.5 Å². The minimum atomic E-state index is 0.681. The molecule has 2 rings (SSSR count). The lowest BCUT2D eigenvalue weighted by Gasteiger charge is -2.10. The van der Waals surface area contributed by atoms with Crippen LogP contribution in [0.25, 0.3) is 0 Å². The molecular weight excluding hydrogens is 240 g/mol. The van der Waals surface area contributed by atoms with E-state index < -0.39 is 0 Å². The summed E-state index contributed by atoms with van der Waals surface area (Å²) in [5, 5.41) is 0. The molecule has 4 heteroatoms. The minimum Gasteiger partial charge on any atom is -0.493 e. The largest absolute Gasteiger partial charge is 0.493 e. The van der Waals surface area contributed by atoms with E-state index in [4.69, 9.17) is 15.2 Å². The highest BCUT2D eigenvalue weighted by Crippen LogP contribution is 2.27. The van der Waals surface area contributed by atoms with Gasteiger partial charge in [0.25, 0.3) is 0 Å². The number of rotatable bonds is 6. The molecule has 102 valence electrons. The minimum absolute atomic E-state index is 0.681. The van der Waals surface area contributed by atoms with E-state index >= 15 is 0 Å². The highest BCUT2D eigenvalue weighted by Gasteiger charge is 2.05. The van der Waals surface area contributed by atoms with Gasteiger partial charge in [0.15, 0.2) is 11.5 Å². The summed E-state index contributed by atoms with van der Waals surface area (Å²) in [6.45, 7) is 1.49. The fraction of sp³-hybridized carbons (Fsp3) is 0.333. The maximum atomic E-state index is 5.55. The van der Waals surface area contributed by atoms with Gasteiger partial charge in [-0.2, -0.15) is 0 Å². The van der Waals surface area contributed by atoms with Crippen LogP contribution in [0, 0.1) is 0 Å². The van der Waals surface area contributed by atoms with Crippen LogP contribution in [0.15, 0.2) is 36.7 Å². The molecule has 0 unspecified atom stereocenters. The van der Waals surface area contributed by atoms with Crippen molar-refractivity contribution in [2.24, 2.45) is 5.73 Å². The van der Waals surface area contributed by atoms with Crippen LogP contribution in [0.2, 0.25) is 0 Å². The van der Waals surface area contributed by atoms with E-state index in [1.54, 1.807) is 14.2 Å². The lowest BCUT2D eigenvalue weighted by molar-refractivity contribution is 0.354. The number of ether oxygens (including phenoxy) is 2. The molecule has 19 heavy (non-hydrogen) atoms. The maximum Gasteiger partial charge on any atom is 0.161 e. The van der Waals surface area contributed by atoms with Gasteiger partial charge in [-0.3, -0.25) is 0 Å². The van der Waals surface area contributed by atoms with Gasteiger partial charge in [0.1, 0.15) is 0 Å². The number of aromatic nitrogens is 1. The molecule has 0 aliphatic rings. The van der Waals surface area contributed by atoms with Crippen LogP contribution < -0.4 is 15.2 Å². The van der Waals surface area contributed by atoms with Gasteiger partial charge in [-0.25, -0.2) is 0 Å². The standard InChI is InChI=1S/C15H20N2O2/c1-18-14-4-3-13(9-15(14)19-2)11-17-8-6-12(10-17)5-7-16/h3-4,6,8-10H,5,7,11,16H2,1-2H3. The van der Waals surface area contributed by atoms with E-state index in [0.29, 0.717) is 6.54 Å². The second-order valence-electron chi connectivity index (χ2n) is 4.42. The number of nitrogens with zero attached hydrogens (tertiary/aromatic N) is 1. The van der Waals surface area contributed by atoms with Gasteiger partial charge >= 0.3 is 0 Å². The van der Waals surface area contributed by atoms with Gasteiger partial charge < -0.3 is 19.8 Å². The molecule has 0 bridgehead atoms. The molecule has 0 aliphatic carbocycles. The Labute approximate surface area is 113 Å². The van der Waals surface area contributed by atoms with Crippen molar-refractivity contribution in [3.8, 4) is 11.5 Å². The first-order valence-corrected chi connectivity index (χ1v) is 6.32. The Morgan fingerprint density at radius 2 is 1.84 bits per heavy atom. The molecule has 1 aromatic heterocycles. The molecule has 0 aliphatic heterocycles. The molecule has 0 radical (unpaired) electrons. The summed E-state index contributed by atoms with van der Waals surface area (Å²) in [6.07, 6.45) is 5.12. The summed E-state index contributed by atoms with van der Waals surface area (Å²) >= 11 is 0. The quantitative estimate of drug-likeness (QED) is 0.865. The molecule has 0 amide bonds. The average Bonchev–Trinajstić information content (AvgIpc) is 2.86. The second kappa shape index (κ2) is 6.29. The van der Waals surface area contributed by atoms with Crippen LogP contribution in [-0.4, -0.2) is 25.3 Å². The van der Waals surface area contributed by atoms with Crippen LogP contribution in [-0.2, 0) is 13.0 Å². The molecule has 0 saturated heterocycles. The molecule has 4 nitrogen and oxygen atoms in total. The zero-order chi connectivity index (χ0) is 13.7. The first-order valence-electron chi connectivity index (χ1n) is 6.32. The number of hydrogen-bond donors (Lipinski definition) is 1. The highest BCUT2D eigenvalue weighted by atomic mass is 16.5. The number of methoxy groups -OCH3 is 2. The van der Waals surface area contributed by atoms with Crippen molar-refractivity contribution in [1.82, 2.24) is 4.57 Å². The Morgan fingerprint density at radius 1 is 1.05 bits per heavy atom. The third kappa shape index (κ3) is 3.29. The van der Waals surface area contributed by atoms with E-state index in [2.05, 4.69) is 23.0 Å². The van der Waals surface area contributed by atoms with E-state index in [1.807, 2.05) is 18.2 Å². The highest BCUT2D eigenvalue weighted by molar-refractivity contribution is 5.43. The zero-order valence-electron chi connectivity index (χ0n) is 11.4. The fourth-order valence-electron chi connectivity index (χ4n) is 2.09. The number of hydrogen-bond acceptors (Lipinski definition) is 3. The van der Waals surface area contributed by atoms with Crippen molar-refractivity contribution in [3.05, 3.63) is 47.8 Å². The van der Waals surface area contributed by atoms with Crippen LogP contribution >= 0.6 is 0 Å². The first kappa shape index (κ1) is 13.5. The van der Waals surface area contributed by atoms with Gasteiger partial charge in [0.05, 0.1) is 14.2 Å². The Kier molecular flexibility index (Phi) is 4.47. The van der Waals surface area contributed by atoms with Crippen molar-refractivity contribution < 1.29 is 9.47 Å². The molecule has 1 aromatic carbocycles. The Morgan fingerprint density at radius 3 is 2.53 bits per heavy atom. The Hall–Kier alpha value is -1.94. The average molecular weight is 260 g/mol. The Balaban J connectivity index is 2.13. The van der Waals surface area contributed by atoms with Gasteiger partial charge in [-0.15, -0.1) is 0 Å². The third-order valence-electron chi connectivity index (χ3n) is 3.06. The predicted octanol–water partition coefficient (Wildman–Crippen LogP) is 2.05. The molecule has 2 N–H and O–H groups in total. The molecule has 0 fully saturated rings. The topological polar surface area (TPSA) is 49.4 Å². The molecule has 0 spiro atoms. The number of nitrogens with two attached hydrogens (primary N) is 1. The van der Waals surface area contributed by atoms with Crippen molar-refractivity contribution in [2.45, 2.75) is 13.0 Å². The molecule has 1 heterocycles. The molecular formula is C15H20N2O2. The lowest BCUT2D eigenvalue weighted by Crippen LogP contribution is -2.02. The van der Waals surface area contributed by atoms with Crippen LogP contribution in [0.4, 0.5) is 0 Å². The van der Waals surface area contributed by atoms with E-state index in [1.165, 1.54) is 11.1 Å².